The van der Waals surface area contributed by atoms with Crippen LogP contribution in [0.1, 0.15) is 48.2 Å². The molecule has 3 rings (SSSR count). The van der Waals surface area contributed by atoms with Gasteiger partial charge in [-0.1, -0.05) is 24.6 Å². The average molecular weight is 314 g/mol. The number of piperidine rings is 1. The molecule has 1 saturated heterocycles. The first-order valence-corrected chi connectivity index (χ1v) is 9.20. The third-order valence-electron chi connectivity index (χ3n) is 4.38. The van der Waals surface area contributed by atoms with Gasteiger partial charge in [-0.25, -0.2) is 0 Å². The van der Waals surface area contributed by atoms with Crippen molar-refractivity contribution in [2.45, 2.75) is 38.5 Å². The van der Waals surface area contributed by atoms with Gasteiger partial charge in [-0.05, 0) is 69.3 Å². The Bertz CT molecular complexity index is 580. The maximum atomic E-state index is 12.3. The van der Waals surface area contributed by atoms with Crippen LogP contribution in [0.4, 0.5) is 0 Å². The third-order valence-corrected chi connectivity index (χ3v) is 5.53. The second-order valence-electron chi connectivity index (χ2n) is 6.09. The molecular weight excluding hydrogens is 290 g/mol. The van der Waals surface area contributed by atoms with Crippen LogP contribution in [0.5, 0.6) is 0 Å². The fourth-order valence-corrected chi connectivity index (χ4v) is 4.10. The molecule has 2 heterocycles. The van der Waals surface area contributed by atoms with E-state index in [0.717, 1.165) is 17.7 Å². The topological polar surface area (TPSA) is 20.3 Å². The molecule has 0 unspecified atom stereocenters. The standard InChI is InChI=1S/C19H24NOS/c21-17(19-15-16-9-4-5-11-18(16)22-19)10-3-1-6-12-20-13-7-2-8-14-20/h2,4-5,9,11,15H,1,3,6-8,10,12-14H2. The van der Waals surface area contributed by atoms with Crippen LogP contribution < -0.4 is 0 Å². The van der Waals surface area contributed by atoms with Crippen LogP contribution in [0.15, 0.2) is 30.3 Å². The van der Waals surface area contributed by atoms with E-state index in [9.17, 15) is 4.79 Å². The van der Waals surface area contributed by atoms with Crippen molar-refractivity contribution in [3.8, 4) is 0 Å². The highest BCUT2D eigenvalue weighted by molar-refractivity contribution is 7.20. The average Bonchev–Trinajstić information content (AvgIpc) is 2.99. The van der Waals surface area contributed by atoms with Gasteiger partial charge in [-0.15, -0.1) is 11.3 Å². The van der Waals surface area contributed by atoms with Gasteiger partial charge in [0.25, 0.3) is 0 Å². The highest BCUT2D eigenvalue weighted by Crippen LogP contribution is 2.26. The fraction of sp³-hybridized carbons (Fsp3) is 0.474. The smallest absolute Gasteiger partial charge is 0.172 e. The molecule has 3 heteroatoms. The number of likely N-dealkylation sites (tertiary alicyclic amines) is 1. The lowest BCUT2D eigenvalue weighted by Crippen LogP contribution is -2.30. The summed E-state index contributed by atoms with van der Waals surface area (Å²) in [5.41, 5.74) is 0. The minimum atomic E-state index is 0.314. The van der Waals surface area contributed by atoms with Gasteiger partial charge in [0, 0.05) is 11.1 Å². The van der Waals surface area contributed by atoms with E-state index in [0.29, 0.717) is 12.2 Å². The van der Waals surface area contributed by atoms with Crippen molar-refractivity contribution in [2.75, 3.05) is 19.6 Å². The van der Waals surface area contributed by atoms with E-state index in [1.165, 1.54) is 49.0 Å². The number of hydrogen-bond acceptors (Lipinski definition) is 3. The lowest BCUT2D eigenvalue weighted by molar-refractivity contribution is 0.0982. The van der Waals surface area contributed by atoms with Gasteiger partial charge in [-0.2, -0.15) is 0 Å². The maximum Gasteiger partial charge on any atom is 0.172 e. The van der Waals surface area contributed by atoms with E-state index >= 15 is 0 Å². The van der Waals surface area contributed by atoms with Crippen molar-refractivity contribution in [3.63, 3.8) is 0 Å². The Balaban J connectivity index is 1.38. The maximum absolute atomic E-state index is 12.3. The van der Waals surface area contributed by atoms with E-state index in [-0.39, 0.29) is 0 Å². The normalized spacial score (nSPS) is 16.2. The molecule has 1 fully saturated rings. The number of carbonyl (C=O) groups is 1. The van der Waals surface area contributed by atoms with Crippen LogP contribution in [0, 0.1) is 6.42 Å². The monoisotopic (exact) mass is 314 g/mol. The number of benzene rings is 1. The largest absolute Gasteiger partial charge is 0.303 e. The SMILES string of the molecule is O=C(CCCCCN1CC[CH]CC1)c1cc2ccccc2s1. The van der Waals surface area contributed by atoms with E-state index in [1.54, 1.807) is 11.3 Å². The zero-order chi connectivity index (χ0) is 15.2. The Kier molecular flexibility index (Phi) is 5.63. The van der Waals surface area contributed by atoms with Crippen molar-refractivity contribution in [3.05, 3.63) is 41.6 Å². The van der Waals surface area contributed by atoms with E-state index in [1.807, 2.05) is 18.2 Å². The minimum Gasteiger partial charge on any atom is -0.303 e. The molecule has 117 valence electrons. The van der Waals surface area contributed by atoms with Gasteiger partial charge < -0.3 is 4.90 Å². The molecule has 1 aliphatic rings. The van der Waals surface area contributed by atoms with Crippen LogP contribution in [0.3, 0.4) is 0 Å². The molecule has 0 bridgehead atoms. The molecule has 1 aromatic carbocycles. The molecule has 2 nitrogen and oxygen atoms in total. The molecule has 0 spiro atoms. The fourth-order valence-electron chi connectivity index (χ4n) is 3.07. The number of carbonyl (C=O) groups excluding carboxylic acids is 1. The van der Waals surface area contributed by atoms with Gasteiger partial charge in [0.05, 0.1) is 4.88 Å². The van der Waals surface area contributed by atoms with Crippen LogP contribution in [-0.2, 0) is 0 Å². The molecular formula is C19H24NOS. The summed E-state index contributed by atoms with van der Waals surface area (Å²) in [5.74, 6) is 0.314. The number of Topliss-reactive ketones (excluding diaryl/α,β-unsaturated/α-hetero) is 1. The third kappa shape index (κ3) is 4.17. The Hall–Kier alpha value is -1.19. The highest BCUT2D eigenvalue weighted by atomic mass is 32.1. The number of fused-ring (bicyclic) bond motifs is 1. The number of thiophene rings is 1. The Labute approximate surface area is 137 Å². The second kappa shape index (κ2) is 7.89. The predicted molar refractivity (Wildman–Crippen MR) is 94.6 cm³/mol. The summed E-state index contributed by atoms with van der Waals surface area (Å²) in [6.07, 6.45) is 8.97. The zero-order valence-electron chi connectivity index (χ0n) is 13.1. The molecule has 1 aliphatic heterocycles. The lowest BCUT2D eigenvalue weighted by Gasteiger charge is -2.26. The Morgan fingerprint density at radius 1 is 1.09 bits per heavy atom. The summed E-state index contributed by atoms with van der Waals surface area (Å²) >= 11 is 1.63. The van der Waals surface area contributed by atoms with Gasteiger partial charge >= 0.3 is 0 Å². The van der Waals surface area contributed by atoms with Crippen LogP contribution in [-0.4, -0.2) is 30.3 Å². The number of rotatable bonds is 7. The minimum absolute atomic E-state index is 0.314. The molecule has 2 aromatic rings. The van der Waals surface area contributed by atoms with Gasteiger partial charge in [0.1, 0.15) is 0 Å². The first-order valence-electron chi connectivity index (χ1n) is 8.39. The molecule has 0 atom stereocenters. The molecule has 1 radical (unpaired) electrons. The van der Waals surface area contributed by atoms with Crippen LogP contribution >= 0.6 is 11.3 Å². The number of hydrogen-bond donors (Lipinski definition) is 0. The molecule has 22 heavy (non-hydrogen) atoms. The predicted octanol–water partition coefficient (Wildman–Crippen LogP) is 4.94. The number of ketones is 1. The van der Waals surface area contributed by atoms with Crippen LogP contribution in [0.25, 0.3) is 10.1 Å². The quantitative estimate of drug-likeness (QED) is 0.532. The molecule has 0 amide bonds. The van der Waals surface area contributed by atoms with Crippen molar-refractivity contribution >= 4 is 27.2 Å². The number of unbranched alkanes of at least 4 members (excludes halogenated alkanes) is 2. The van der Waals surface area contributed by atoms with Gasteiger partial charge in [-0.3, -0.25) is 4.79 Å². The summed E-state index contributed by atoms with van der Waals surface area (Å²) in [6.45, 7) is 3.65. The molecule has 0 N–H and O–H groups in total. The van der Waals surface area contributed by atoms with Gasteiger partial charge in [0.2, 0.25) is 0 Å². The van der Waals surface area contributed by atoms with E-state index in [2.05, 4.69) is 23.5 Å². The summed E-state index contributed by atoms with van der Waals surface area (Å²) in [6, 6.07) is 10.3. The van der Waals surface area contributed by atoms with E-state index in [4.69, 9.17) is 0 Å². The van der Waals surface area contributed by atoms with Crippen molar-refractivity contribution < 1.29 is 4.79 Å². The molecule has 1 aromatic heterocycles. The first kappa shape index (κ1) is 15.7. The van der Waals surface area contributed by atoms with Crippen molar-refractivity contribution in [2.24, 2.45) is 0 Å². The van der Waals surface area contributed by atoms with Crippen molar-refractivity contribution in [1.82, 2.24) is 4.90 Å². The summed E-state index contributed by atoms with van der Waals surface area (Å²) in [7, 11) is 0. The number of nitrogens with zero attached hydrogens (tertiary/aromatic N) is 1. The van der Waals surface area contributed by atoms with Crippen LogP contribution in [0.2, 0.25) is 0 Å². The summed E-state index contributed by atoms with van der Waals surface area (Å²) < 4.78 is 1.22. The Morgan fingerprint density at radius 3 is 2.73 bits per heavy atom. The molecule has 0 aliphatic carbocycles. The van der Waals surface area contributed by atoms with Crippen molar-refractivity contribution in [1.29, 1.82) is 0 Å². The zero-order valence-corrected chi connectivity index (χ0v) is 13.9. The molecule has 0 saturated carbocycles. The summed E-state index contributed by atoms with van der Waals surface area (Å²) in [5, 5.41) is 1.19. The highest BCUT2D eigenvalue weighted by Gasteiger charge is 2.11. The second-order valence-corrected chi connectivity index (χ2v) is 7.17. The Morgan fingerprint density at radius 2 is 1.91 bits per heavy atom. The first-order chi connectivity index (χ1) is 10.8. The van der Waals surface area contributed by atoms with Gasteiger partial charge in [0.15, 0.2) is 5.78 Å². The van der Waals surface area contributed by atoms with E-state index < -0.39 is 0 Å². The lowest BCUT2D eigenvalue weighted by atomic mass is 10.1. The summed E-state index contributed by atoms with van der Waals surface area (Å²) in [4.78, 5) is 15.7.